The average Bonchev–Trinajstić information content (AvgIpc) is 3.33. The number of nitrogens with zero attached hydrogens (tertiary/aromatic N) is 2. The zero-order valence-electron chi connectivity index (χ0n) is 17.6. The minimum Gasteiger partial charge on any atom is -0.376 e. The largest absolute Gasteiger partial charge is 0.376 e. The summed E-state index contributed by atoms with van der Waals surface area (Å²) in [6.07, 6.45) is 2.93. The minimum absolute atomic E-state index is 0.0402. The fourth-order valence-corrected chi connectivity index (χ4v) is 5.87. The highest BCUT2D eigenvalue weighted by atomic mass is 32.2. The molecule has 0 radical (unpaired) electrons. The first-order valence-electron chi connectivity index (χ1n) is 10.3. The molecule has 0 spiro atoms. The number of hydrogen-bond acceptors (Lipinski definition) is 6. The van der Waals surface area contributed by atoms with Crippen molar-refractivity contribution in [2.24, 2.45) is 0 Å². The van der Waals surface area contributed by atoms with Crippen molar-refractivity contribution in [1.82, 2.24) is 14.9 Å². The second kappa shape index (κ2) is 9.16. The van der Waals surface area contributed by atoms with Crippen molar-refractivity contribution in [1.29, 1.82) is 0 Å². The Morgan fingerprint density at radius 3 is 2.80 bits per heavy atom. The van der Waals surface area contributed by atoms with Gasteiger partial charge in [0.25, 0.3) is 5.56 Å². The molecule has 2 atom stereocenters. The van der Waals surface area contributed by atoms with Gasteiger partial charge >= 0.3 is 0 Å². The van der Waals surface area contributed by atoms with E-state index in [1.54, 1.807) is 16.3 Å². The lowest BCUT2D eigenvalue weighted by Crippen LogP contribution is -2.33. The van der Waals surface area contributed by atoms with Gasteiger partial charge in [-0.05, 0) is 49.9 Å². The molecule has 160 valence electrons. The van der Waals surface area contributed by atoms with E-state index in [2.05, 4.69) is 18.3 Å². The maximum Gasteiger partial charge on any atom is 0.272 e. The monoisotopic (exact) mass is 445 g/mol. The third kappa shape index (κ3) is 4.76. The molecule has 8 heteroatoms. The smallest absolute Gasteiger partial charge is 0.272 e. The van der Waals surface area contributed by atoms with Crippen LogP contribution in [0, 0.1) is 13.8 Å². The molecule has 2 aliphatic heterocycles. The van der Waals surface area contributed by atoms with Gasteiger partial charge in [0.2, 0.25) is 5.91 Å². The van der Waals surface area contributed by atoms with Gasteiger partial charge in [-0.2, -0.15) is 0 Å². The van der Waals surface area contributed by atoms with Gasteiger partial charge in [-0.1, -0.05) is 24.8 Å². The van der Waals surface area contributed by atoms with Crippen molar-refractivity contribution < 1.29 is 9.53 Å². The van der Waals surface area contributed by atoms with Crippen molar-refractivity contribution >= 4 is 29.4 Å². The lowest BCUT2D eigenvalue weighted by Gasteiger charge is -2.15. The summed E-state index contributed by atoms with van der Waals surface area (Å²) in [5.41, 5.74) is 3.78. The Kier molecular flexibility index (Phi) is 6.55. The van der Waals surface area contributed by atoms with E-state index in [4.69, 9.17) is 9.72 Å². The molecule has 2 aliphatic rings. The van der Waals surface area contributed by atoms with Crippen LogP contribution in [-0.4, -0.2) is 45.7 Å². The lowest BCUT2D eigenvalue weighted by molar-refractivity contribution is -0.119. The molecule has 4 rings (SSSR count). The summed E-state index contributed by atoms with van der Waals surface area (Å²) in [7, 11) is 0. The highest BCUT2D eigenvalue weighted by Gasteiger charge is 2.27. The van der Waals surface area contributed by atoms with E-state index in [1.807, 2.05) is 26.0 Å². The molecule has 0 saturated carbocycles. The van der Waals surface area contributed by atoms with Crippen LogP contribution in [0.4, 0.5) is 0 Å². The van der Waals surface area contributed by atoms with E-state index < -0.39 is 0 Å². The molecule has 1 saturated heterocycles. The van der Waals surface area contributed by atoms with Crippen molar-refractivity contribution in [2.75, 3.05) is 18.9 Å². The summed E-state index contributed by atoms with van der Waals surface area (Å²) >= 11 is 2.91. The van der Waals surface area contributed by atoms with E-state index in [-0.39, 0.29) is 23.3 Å². The molecule has 1 aromatic carbocycles. The Balaban J connectivity index is 1.59. The number of rotatable bonds is 6. The van der Waals surface area contributed by atoms with Gasteiger partial charge in [0.1, 0.15) is 0 Å². The number of carbonyl (C=O) groups is 1. The Hall–Kier alpha value is -1.77. The normalized spacial score (nSPS) is 20.4. The Morgan fingerprint density at radius 2 is 2.10 bits per heavy atom. The van der Waals surface area contributed by atoms with E-state index in [1.165, 1.54) is 11.8 Å². The summed E-state index contributed by atoms with van der Waals surface area (Å²) in [5.74, 6) is 0.144. The molecule has 0 bridgehead atoms. The molecule has 3 heterocycles. The molecule has 2 unspecified atom stereocenters. The summed E-state index contributed by atoms with van der Waals surface area (Å²) < 4.78 is 7.23. The number of fused-ring (bicyclic) bond motifs is 1. The van der Waals surface area contributed by atoms with E-state index in [0.717, 1.165) is 53.3 Å². The maximum absolute atomic E-state index is 13.4. The number of nitrogens with one attached hydrogen (secondary N) is 1. The topological polar surface area (TPSA) is 73.2 Å². The van der Waals surface area contributed by atoms with Gasteiger partial charge < -0.3 is 10.1 Å². The minimum atomic E-state index is -0.0695. The highest BCUT2D eigenvalue weighted by molar-refractivity contribution is 8.00. The quantitative estimate of drug-likeness (QED) is 0.543. The first-order valence-corrected chi connectivity index (χ1v) is 12.2. The summed E-state index contributed by atoms with van der Waals surface area (Å²) in [6, 6.07) is 6.07. The third-order valence-electron chi connectivity index (χ3n) is 5.23. The summed E-state index contributed by atoms with van der Waals surface area (Å²) in [6.45, 7) is 7.45. The fraction of sp³-hybridized carbons (Fsp3) is 0.500. The van der Waals surface area contributed by atoms with Gasteiger partial charge in [-0.15, -0.1) is 11.8 Å². The third-order valence-corrected chi connectivity index (χ3v) is 7.38. The van der Waals surface area contributed by atoms with Crippen LogP contribution in [0.25, 0.3) is 5.69 Å². The number of aryl methyl sites for hydroxylation is 2. The number of carbonyl (C=O) groups excluding carboxylic acids is 1. The van der Waals surface area contributed by atoms with Crippen molar-refractivity contribution in [3.05, 3.63) is 45.4 Å². The molecular formula is C22H27N3O3S2. The van der Waals surface area contributed by atoms with Crippen molar-refractivity contribution in [3.8, 4) is 5.69 Å². The zero-order chi connectivity index (χ0) is 21.3. The van der Waals surface area contributed by atoms with E-state index in [9.17, 15) is 9.59 Å². The molecule has 1 N–H and O–H groups in total. The van der Waals surface area contributed by atoms with Crippen molar-refractivity contribution in [2.45, 2.75) is 61.4 Å². The highest BCUT2D eigenvalue weighted by Crippen LogP contribution is 2.35. The number of amides is 1. The van der Waals surface area contributed by atoms with Crippen LogP contribution in [0.15, 0.2) is 33.0 Å². The molecular weight excluding hydrogens is 418 g/mol. The predicted molar refractivity (Wildman–Crippen MR) is 121 cm³/mol. The number of thioether (sulfide) groups is 2. The number of hydrogen-bond donors (Lipinski definition) is 1. The van der Waals surface area contributed by atoms with Gasteiger partial charge in [0, 0.05) is 24.8 Å². The zero-order valence-corrected chi connectivity index (χ0v) is 19.2. The summed E-state index contributed by atoms with van der Waals surface area (Å²) in [5, 5.41) is 3.85. The maximum atomic E-state index is 13.4. The van der Waals surface area contributed by atoms with Crippen LogP contribution in [0.5, 0.6) is 0 Å². The molecule has 1 fully saturated rings. The van der Waals surface area contributed by atoms with E-state index >= 15 is 0 Å². The van der Waals surface area contributed by atoms with Crippen LogP contribution in [0.2, 0.25) is 0 Å². The molecule has 0 aliphatic carbocycles. The standard InChI is InChI=1S/C22H27N3O3S2/c1-13-7-14(2)9-16(8-13)25-21(27)20-18(10-15(3)30-20)24-22(25)29-12-19(26)23-11-17-5-4-6-28-17/h7-9,15,17H,4-6,10-12H2,1-3H3,(H,23,26). The fourth-order valence-electron chi connectivity index (χ4n) is 3.92. The molecule has 6 nitrogen and oxygen atoms in total. The predicted octanol–water partition coefficient (Wildman–Crippen LogP) is 3.27. The van der Waals surface area contributed by atoms with Crippen LogP contribution in [-0.2, 0) is 16.0 Å². The lowest BCUT2D eigenvalue weighted by atomic mass is 10.1. The molecule has 30 heavy (non-hydrogen) atoms. The first-order chi connectivity index (χ1) is 14.4. The van der Waals surface area contributed by atoms with Crippen LogP contribution in [0.1, 0.15) is 36.6 Å². The van der Waals surface area contributed by atoms with Crippen molar-refractivity contribution in [3.63, 3.8) is 0 Å². The summed E-state index contributed by atoms with van der Waals surface area (Å²) in [4.78, 5) is 31.3. The first kappa shape index (κ1) is 21.5. The SMILES string of the molecule is Cc1cc(C)cc(-n2c(SCC(=O)NCC3CCCO3)nc3c(c2=O)SC(C)C3)c1. The van der Waals surface area contributed by atoms with Gasteiger partial charge in [-0.25, -0.2) is 4.98 Å². The Labute approximate surface area is 185 Å². The van der Waals surface area contributed by atoms with Crippen LogP contribution < -0.4 is 10.9 Å². The van der Waals surface area contributed by atoms with Crippen LogP contribution >= 0.6 is 23.5 Å². The van der Waals surface area contributed by atoms with Gasteiger partial charge in [0.15, 0.2) is 5.16 Å². The van der Waals surface area contributed by atoms with Crippen LogP contribution in [0.3, 0.4) is 0 Å². The molecule has 1 amide bonds. The second-order valence-corrected chi connectivity index (χ2v) is 10.4. The molecule has 2 aromatic rings. The average molecular weight is 446 g/mol. The van der Waals surface area contributed by atoms with E-state index in [0.29, 0.717) is 17.0 Å². The number of benzene rings is 1. The number of ether oxygens (including phenoxy) is 1. The number of aromatic nitrogens is 2. The Morgan fingerprint density at radius 1 is 1.33 bits per heavy atom. The second-order valence-electron chi connectivity index (χ2n) is 8.02. The Bertz CT molecular complexity index is 995. The van der Waals surface area contributed by atoms with Gasteiger partial charge in [-0.3, -0.25) is 14.2 Å². The molecule has 1 aromatic heterocycles. The van der Waals surface area contributed by atoms with Gasteiger partial charge in [0.05, 0.1) is 28.1 Å².